The van der Waals surface area contributed by atoms with E-state index in [0.717, 1.165) is 11.1 Å². The first-order valence-corrected chi connectivity index (χ1v) is 6.77. The summed E-state index contributed by atoms with van der Waals surface area (Å²) in [6.45, 7) is 19.4. The summed E-state index contributed by atoms with van der Waals surface area (Å²) in [5.74, 6) is 0.375. The molecule has 0 spiro atoms. The van der Waals surface area contributed by atoms with Crippen LogP contribution in [0.15, 0.2) is 42.5 Å². The van der Waals surface area contributed by atoms with Gasteiger partial charge in [0.2, 0.25) is 13.1 Å². The fourth-order valence-electron chi connectivity index (χ4n) is 2.81. The Morgan fingerprint density at radius 1 is 1.15 bits per heavy atom. The highest BCUT2D eigenvalue weighted by Crippen LogP contribution is 2.39. The quantitative estimate of drug-likeness (QED) is 0.707. The molecule has 1 aromatic carbocycles. The van der Waals surface area contributed by atoms with E-state index < -0.39 is 0 Å². The van der Waals surface area contributed by atoms with Crippen molar-refractivity contribution < 1.29 is 0 Å². The number of nitrogens with zero attached hydrogens (tertiary/aromatic N) is 2. The molecule has 0 bridgehead atoms. The molecule has 1 aliphatic rings. The van der Waals surface area contributed by atoms with Crippen molar-refractivity contribution in [1.82, 2.24) is 0 Å². The van der Waals surface area contributed by atoms with Gasteiger partial charge in [-0.1, -0.05) is 56.4 Å². The van der Waals surface area contributed by atoms with Gasteiger partial charge in [-0.15, -0.1) is 0 Å². The van der Waals surface area contributed by atoms with Gasteiger partial charge in [-0.25, -0.2) is 13.1 Å². The van der Waals surface area contributed by atoms with E-state index in [2.05, 4.69) is 53.9 Å². The fraction of sp³-hybridized carbons (Fsp3) is 0.333. The summed E-state index contributed by atoms with van der Waals surface area (Å²) in [5, 5.41) is 0. The number of hydrogen-bond donors (Lipinski definition) is 0. The van der Waals surface area contributed by atoms with E-state index >= 15 is 0 Å². The van der Waals surface area contributed by atoms with Crippen molar-refractivity contribution >= 4 is 0 Å². The Labute approximate surface area is 121 Å². The lowest BCUT2D eigenvalue weighted by Crippen LogP contribution is -2.29. The molecule has 0 amide bonds. The third-order valence-electron chi connectivity index (χ3n) is 4.24. The van der Waals surface area contributed by atoms with Crippen molar-refractivity contribution in [3.8, 4) is 0 Å². The molecule has 0 saturated heterocycles. The molecule has 0 aliphatic heterocycles. The van der Waals surface area contributed by atoms with E-state index in [0.29, 0.717) is 19.0 Å². The minimum Gasteiger partial charge on any atom is -0.312 e. The Kier molecular flexibility index (Phi) is 4.06. The molecule has 20 heavy (non-hydrogen) atoms. The lowest BCUT2D eigenvalue weighted by Gasteiger charge is -2.35. The fourth-order valence-corrected chi connectivity index (χ4v) is 2.81. The van der Waals surface area contributed by atoms with E-state index in [-0.39, 0.29) is 5.41 Å². The summed E-state index contributed by atoms with van der Waals surface area (Å²) in [5.41, 5.74) is 3.10. The Morgan fingerprint density at radius 3 is 2.55 bits per heavy atom. The first-order chi connectivity index (χ1) is 9.63. The van der Waals surface area contributed by atoms with E-state index in [1.54, 1.807) is 0 Å². The standard InChI is InChI=1S/C18H18N2/c1-14-8-5-6-11-18(14,2)17-10-7-9-15(12-19-3)16(17)13-20-4/h5-11,14H,12-13H2,1-2H3. The van der Waals surface area contributed by atoms with Crippen LogP contribution in [-0.4, -0.2) is 0 Å². The zero-order valence-electron chi connectivity index (χ0n) is 11.9. The lowest BCUT2D eigenvalue weighted by atomic mass is 9.68. The first-order valence-electron chi connectivity index (χ1n) is 6.77. The Balaban J connectivity index is 2.60. The van der Waals surface area contributed by atoms with Crippen LogP contribution in [0.3, 0.4) is 0 Å². The molecule has 1 aliphatic carbocycles. The Hall–Kier alpha value is -2.32. The second-order valence-electron chi connectivity index (χ2n) is 5.39. The molecule has 1 aromatic rings. The van der Waals surface area contributed by atoms with Crippen LogP contribution in [0, 0.1) is 19.1 Å². The predicted molar refractivity (Wildman–Crippen MR) is 81.9 cm³/mol. The smallest absolute Gasteiger partial charge is 0.240 e. The van der Waals surface area contributed by atoms with Crippen LogP contribution in [0.5, 0.6) is 0 Å². The summed E-state index contributed by atoms with van der Waals surface area (Å²) in [7, 11) is 0. The van der Waals surface area contributed by atoms with Crippen LogP contribution >= 0.6 is 0 Å². The molecule has 0 radical (unpaired) electrons. The minimum absolute atomic E-state index is 0.104. The monoisotopic (exact) mass is 262 g/mol. The van der Waals surface area contributed by atoms with Crippen molar-refractivity contribution in [1.29, 1.82) is 0 Å². The van der Waals surface area contributed by atoms with Crippen LogP contribution in [0.2, 0.25) is 0 Å². The first kappa shape index (κ1) is 14.1. The number of hydrogen-bond acceptors (Lipinski definition) is 0. The van der Waals surface area contributed by atoms with Gasteiger partial charge in [0, 0.05) is 16.5 Å². The average molecular weight is 262 g/mol. The maximum absolute atomic E-state index is 7.21. The number of benzene rings is 1. The van der Waals surface area contributed by atoms with Crippen LogP contribution in [-0.2, 0) is 18.5 Å². The van der Waals surface area contributed by atoms with Gasteiger partial charge in [0.25, 0.3) is 0 Å². The van der Waals surface area contributed by atoms with Crippen molar-refractivity contribution in [2.75, 3.05) is 0 Å². The van der Waals surface area contributed by atoms with Gasteiger partial charge in [-0.05, 0) is 11.5 Å². The van der Waals surface area contributed by atoms with E-state index in [1.807, 2.05) is 12.1 Å². The second kappa shape index (κ2) is 5.76. The van der Waals surface area contributed by atoms with Gasteiger partial charge in [-0.2, -0.15) is 0 Å². The number of allylic oxidation sites excluding steroid dienone is 4. The summed E-state index contributed by atoms with van der Waals surface area (Å²) >= 11 is 0. The largest absolute Gasteiger partial charge is 0.312 e. The van der Waals surface area contributed by atoms with Crippen molar-refractivity contribution in [3.05, 3.63) is 82.0 Å². The molecule has 0 aromatic heterocycles. The number of rotatable bonds is 3. The van der Waals surface area contributed by atoms with Crippen molar-refractivity contribution in [2.24, 2.45) is 5.92 Å². The lowest BCUT2D eigenvalue weighted by molar-refractivity contribution is 0.454. The van der Waals surface area contributed by atoms with E-state index in [9.17, 15) is 0 Å². The molecule has 0 heterocycles. The molecular formula is C18H18N2. The molecule has 0 N–H and O–H groups in total. The maximum atomic E-state index is 7.21. The average Bonchev–Trinajstić information content (AvgIpc) is 2.44. The van der Waals surface area contributed by atoms with Crippen LogP contribution in [0.1, 0.15) is 30.5 Å². The van der Waals surface area contributed by atoms with Crippen LogP contribution in [0.4, 0.5) is 0 Å². The topological polar surface area (TPSA) is 8.72 Å². The van der Waals surface area contributed by atoms with Gasteiger partial charge in [0.15, 0.2) is 0 Å². The third-order valence-corrected chi connectivity index (χ3v) is 4.24. The van der Waals surface area contributed by atoms with Crippen molar-refractivity contribution in [3.63, 3.8) is 0 Å². The summed E-state index contributed by atoms with van der Waals surface area (Å²) in [4.78, 5) is 7.06. The van der Waals surface area contributed by atoms with Crippen LogP contribution < -0.4 is 0 Å². The predicted octanol–water partition coefficient (Wildman–Crippen LogP) is 4.54. The minimum atomic E-state index is -0.104. The van der Waals surface area contributed by atoms with Gasteiger partial charge in [-0.3, -0.25) is 0 Å². The van der Waals surface area contributed by atoms with E-state index in [4.69, 9.17) is 13.1 Å². The molecule has 2 heteroatoms. The molecule has 2 rings (SSSR count). The van der Waals surface area contributed by atoms with Gasteiger partial charge < -0.3 is 9.69 Å². The highest BCUT2D eigenvalue weighted by molar-refractivity contribution is 5.46. The van der Waals surface area contributed by atoms with Crippen LogP contribution in [0.25, 0.3) is 9.69 Å². The summed E-state index contributed by atoms with van der Waals surface area (Å²) < 4.78 is 0. The Bertz CT molecular complexity index is 640. The van der Waals surface area contributed by atoms with Gasteiger partial charge >= 0.3 is 0 Å². The molecule has 100 valence electrons. The van der Waals surface area contributed by atoms with Gasteiger partial charge in [0.05, 0.1) is 0 Å². The van der Waals surface area contributed by atoms with Crippen molar-refractivity contribution in [2.45, 2.75) is 32.4 Å². The molecule has 0 saturated carbocycles. The zero-order chi connectivity index (χ0) is 14.6. The molecule has 2 unspecified atom stereocenters. The molecule has 2 nitrogen and oxygen atoms in total. The second-order valence-corrected chi connectivity index (χ2v) is 5.39. The molecule has 0 fully saturated rings. The maximum Gasteiger partial charge on any atom is 0.240 e. The molecular weight excluding hydrogens is 244 g/mol. The molecule has 2 atom stereocenters. The SMILES string of the molecule is [C-]#[N+]Cc1cccc(C2(C)C=CC=CC2C)c1C[N+]#[C-]. The van der Waals surface area contributed by atoms with Gasteiger partial charge in [0.1, 0.15) is 0 Å². The summed E-state index contributed by atoms with van der Waals surface area (Å²) in [6, 6.07) is 6.08. The third kappa shape index (κ3) is 2.38. The zero-order valence-corrected chi connectivity index (χ0v) is 11.9. The Morgan fingerprint density at radius 2 is 1.90 bits per heavy atom. The normalized spacial score (nSPS) is 24.1. The highest BCUT2D eigenvalue weighted by atomic mass is 14.7. The summed E-state index contributed by atoms with van der Waals surface area (Å²) in [6.07, 6.45) is 8.55. The highest BCUT2D eigenvalue weighted by Gasteiger charge is 2.33. The van der Waals surface area contributed by atoms with E-state index in [1.165, 1.54) is 5.56 Å².